The summed E-state index contributed by atoms with van der Waals surface area (Å²) in [5.74, 6) is 0.795. The van der Waals surface area contributed by atoms with Gasteiger partial charge in [0.1, 0.15) is 6.61 Å². The fourth-order valence-electron chi connectivity index (χ4n) is 2.91. The number of alkyl halides is 3. The second kappa shape index (κ2) is 7.48. The van der Waals surface area contributed by atoms with E-state index in [0.717, 1.165) is 38.0 Å². The fraction of sp³-hybridized carbons (Fsp3) is 1.00. The van der Waals surface area contributed by atoms with Crippen molar-refractivity contribution in [3.05, 3.63) is 0 Å². The summed E-state index contributed by atoms with van der Waals surface area (Å²) in [5.41, 5.74) is 6.13. The third-order valence-corrected chi connectivity index (χ3v) is 4.03. The molecular formula is C14H26F3NO. The first-order valence-corrected chi connectivity index (χ1v) is 7.28. The maximum absolute atomic E-state index is 11.9. The van der Waals surface area contributed by atoms with E-state index in [1.807, 2.05) is 0 Å². The Morgan fingerprint density at radius 2 is 1.89 bits per heavy atom. The van der Waals surface area contributed by atoms with Gasteiger partial charge in [0.15, 0.2) is 0 Å². The summed E-state index contributed by atoms with van der Waals surface area (Å²) in [6.45, 7) is 1.20. The summed E-state index contributed by atoms with van der Waals surface area (Å²) < 4.78 is 40.2. The van der Waals surface area contributed by atoms with E-state index in [4.69, 9.17) is 5.73 Å². The number of halogens is 3. The lowest BCUT2D eigenvalue weighted by Crippen LogP contribution is -2.43. The molecule has 0 aromatic rings. The van der Waals surface area contributed by atoms with Gasteiger partial charge >= 0.3 is 6.18 Å². The van der Waals surface area contributed by atoms with Gasteiger partial charge in [-0.2, -0.15) is 13.2 Å². The topological polar surface area (TPSA) is 35.2 Å². The van der Waals surface area contributed by atoms with E-state index >= 15 is 0 Å². The van der Waals surface area contributed by atoms with Gasteiger partial charge in [-0.3, -0.25) is 0 Å². The summed E-state index contributed by atoms with van der Waals surface area (Å²) in [6.07, 6.45) is 3.96. The second-order valence-corrected chi connectivity index (χ2v) is 5.87. The molecular weight excluding hydrogens is 255 g/mol. The number of rotatable bonds is 7. The third kappa shape index (κ3) is 7.16. The minimum Gasteiger partial charge on any atom is -0.372 e. The van der Waals surface area contributed by atoms with Crippen LogP contribution >= 0.6 is 0 Å². The first-order valence-electron chi connectivity index (χ1n) is 7.28. The fourth-order valence-corrected chi connectivity index (χ4v) is 2.91. The highest BCUT2D eigenvalue weighted by Crippen LogP contribution is 2.35. The Morgan fingerprint density at radius 1 is 1.26 bits per heavy atom. The molecule has 0 aromatic heterocycles. The maximum atomic E-state index is 11.9. The predicted octanol–water partition coefficient (Wildman–Crippen LogP) is 4.03. The van der Waals surface area contributed by atoms with Crippen molar-refractivity contribution in [2.24, 2.45) is 11.7 Å². The van der Waals surface area contributed by atoms with Gasteiger partial charge in [0.05, 0.1) is 0 Å². The molecule has 114 valence electrons. The van der Waals surface area contributed by atoms with Gasteiger partial charge in [0.25, 0.3) is 0 Å². The van der Waals surface area contributed by atoms with Crippen LogP contribution in [0.4, 0.5) is 13.2 Å². The summed E-state index contributed by atoms with van der Waals surface area (Å²) in [6, 6.07) is 0. The van der Waals surface area contributed by atoms with Crippen LogP contribution in [0.25, 0.3) is 0 Å². The quantitative estimate of drug-likeness (QED) is 0.715. The molecule has 5 heteroatoms. The normalized spacial score (nSPS) is 28.6. The van der Waals surface area contributed by atoms with E-state index in [0.29, 0.717) is 6.42 Å². The third-order valence-electron chi connectivity index (χ3n) is 4.03. The first-order chi connectivity index (χ1) is 8.85. The molecule has 2 nitrogen and oxygen atoms in total. The Morgan fingerprint density at radius 3 is 2.42 bits per heavy atom. The van der Waals surface area contributed by atoms with Gasteiger partial charge in [-0.1, -0.05) is 19.8 Å². The average Bonchev–Trinajstić information content (AvgIpc) is 2.31. The van der Waals surface area contributed by atoms with Gasteiger partial charge in [-0.25, -0.2) is 0 Å². The molecule has 0 bridgehead atoms. The van der Waals surface area contributed by atoms with Crippen LogP contribution in [-0.4, -0.2) is 24.9 Å². The van der Waals surface area contributed by atoms with Crippen molar-refractivity contribution in [3.63, 3.8) is 0 Å². The van der Waals surface area contributed by atoms with Crippen molar-refractivity contribution >= 4 is 0 Å². The van der Waals surface area contributed by atoms with Crippen LogP contribution in [0.1, 0.15) is 58.3 Å². The maximum Gasteiger partial charge on any atom is 0.411 e. The van der Waals surface area contributed by atoms with Crippen LogP contribution < -0.4 is 5.73 Å². The lowest BCUT2D eigenvalue weighted by molar-refractivity contribution is -0.174. The van der Waals surface area contributed by atoms with Gasteiger partial charge in [0.2, 0.25) is 0 Å². The van der Waals surface area contributed by atoms with E-state index in [1.165, 1.54) is 12.8 Å². The zero-order valence-electron chi connectivity index (χ0n) is 11.8. The zero-order chi connectivity index (χ0) is 14.4. The Hall–Kier alpha value is -0.290. The van der Waals surface area contributed by atoms with Crippen LogP contribution in [0.5, 0.6) is 0 Å². The van der Waals surface area contributed by atoms with E-state index in [9.17, 15) is 13.2 Å². The number of nitrogens with two attached hydrogens (primary N) is 1. The summed E-state index contributed by atoms with van der Waals surface area (Å²) >= 11 is 0. The van der Waals surface area contributed by atoms with Gasteiger partial charge in [-0.05, 0) is 44.4 Å². The van der Waals surface area contributed by atoms with E-state index in [-0.39, 0.29) is 12.1 Å². The smallest absolute Gasteiger partial charge is 0.372 e. The summed E-state index contributed by atoms with van der Waals surface area (Å²) in [5, 5.41) is 0. The molecule has 1 rings (SSSR count). The van der Waals surface area contributed by atoms with Gasteiger partial charge < -0.3 is 10.5 Å². The summed E-state index contributed by atoms with van der Waals surface area (Å²) in [4.78, 5) is 0. The molecule has 0 spiro atoms. The molecule has 0 atom stereocenters. The molecule has 1 fully saturated rings. The molecule has 0 saturated heterocycles. The van der Waals surface area contributed by atoms with Crippen LogP contribution in [0.3, 0.4) is 0 Å². The number of hydrogen-bond acceptors (Lipinski definition) is 2. The van der Waals surface area contributed by atoms with Crippen LogP contribution in [0, 0.1) is 5.92 Å². The number of hydrogen-bond donors (Lipinski definition) is 1. The van der Waals surface area contributed by atoms with Crippen molar-refractivity contribution in [1.82, 2.24) is 0 Å². The van der Waals surface area contributed by atoms with Gasteiger partial charge in [-0.15, -0.1) is 0 Å². The zero-order valence-corrected chi connectivity index (χ0v) is 11.8. The number of ether oxygens (including phenoxy) is 1. The van der Waals surface area contributed by atoms with Crippen molar-refractivity contribution < 1.29 is 17.9 Å². The second-order valence-electron chi connectivity index (χ2n) is 5.87. The van der Waals surface area contributed by atoms with E-state index < -0.39 is 12.8 Å². The van der Waals surface area contributed by atoms with Crippen molar-refractivity contribution in [2.45, 2.75) is 70.0 Å². The lowest BCUT2D eigenvalue weighted by Gasteiger charge is -2.37. The van der Waals surface area contributed by atoms with Crippen LogP contribution in [0.2, 0.25) is 0 Å². The minimum atomic E-state index is -4.22. The molecule has 0 aromatic carbocycles. The predicted molar refractivity (Wildman–Crippen MR) is 69.9 cm³/mol. The van der Waals surface area contributed by atoms with E-state index in [2.05, 4.69) is 11.7 Å². The van der Waals surface area contributed by atoms with Crippen LogP contribution in [-0.2, 0) is 4.74 Å². The molecule has 0 radical (unpaired) electrons. The average molecular weight is 281 g/mol. The molecule has 1 saturated carbocycles. The van der Waals surface area contributed by atoms with Crippen molar-refractivity contribution in [2.75, 3.05) is 13.2 Å². The Bertz CT molecular complexity index is 248. The highest BCUT2D eigenvalue weighted by molar-refractivity contribution is 4.89. The molecule has 0 amide bonds. The highest BCUT2D eigenvalue weighted by Gasteiger charge is 2.31. The molecule has 1 aliphatic rings. The van der Waals surface area contributed by atoms with Gasteiger partial charge in [0, 0.05) is 12.1 Å². The Labute approximate surface area is 113 Å². The van der Waals surface area contributed by atoms with E-state index in [1.54, 1.807) is 0 Å². The lowest BCUT2D eigenvalue weighted by atomic mass is 9.74. The molecule has 1 aliphatic carbocycles. The summed E-state index contributed by atoms with van der Waals surface area (Å²) in [7, 11) is 0. The monoisotopic (exact) mass is 281 g/mol. The molecule has 0 unspecified atom stereocenters. The Kier molecular flexibility index (Phi) is 6.60. The van der Waals surface area contributed by atoms with Crippen molar-refractivity contribution in [1.29, 1.82) is 0 Å². The SMILES string of the molecule is CCCC1CCC(N)(CCCOCC(F)(F)F)CC1. The first kappa shape index (κ1) is 16.8. The molecule has 2 N–H and O–H groups in total. The molecule has 0 heterocycles. The standard InChI is InChI=1S/C14H26F3NO/c1-2-4-12-5-8-13(18,9-6-12)7-3-10-19-11-14(15,16)17/h12H,2-11,18H2,1H3. The van der Waals surface area contributed by atoms with Crippen LogP contribution in [0.15, 0.2) is 0 Å². The highest BCUT2D eigenvalue weighted by atomic mass is 19.4. The minimum absolute atomic E-state index is 0.150. The largest absolute Gasteiger partial charge is 0.411 e. The molecule has 0 aliphatic heterocycles. The van der Waals surface area contributed by atoms with Crippen molar-refractivity contribution in [3.8, 4) is 0 Å². The molecule has 19 heavy (non-hydrogen) atoms. The Balaban J connectivity index is 2.12.